The maximum atomic E-state index is 3.34. The van der Waals surface area contributed by atoms with Crippen LogP contribution in [0.15, 0.2) is 103 Å². The van der Waals surface area contributed by atoms with Crippen molar-refractivity contribution in [3.8, 4) is 11.1 Å². The maximum Gasteiger partial charge on any atom is -0.0771 e. The van der Waals surface area contributed by atoms with E-state index >= 15 is 0 Å². The van der Waals surface area contributed by atoms with Crippen molar-refractivity contribution in [3.05, 3.63) is 109 Å². The Morgan fingerprint density at radius 3 is 1.62 bits per heavy atom. The van der Waals surface area contributed by atoms with Crippen molar-refractivity contribution >= 4 is 25.8 Å². The van der Waals surface area contributed by atoms with Gasteiger partial charge in [-0.2, -0.15) is 6.07 Å². The molecule has 0 radical (unpaired) electrons. The fourth-order valence-electron chi connectivity index (χ4n) is 3.36. The second-order valence-corrected chi connectivity index (χ2v) is 6.31. The molecule has 3 heteroatoms. The molecule has 29 heavy (non-hydrogen) atoms. The smallest absolute Gasteiger partial charge is 0.0771 e. The van der Waals surface area contributed by atoms with E-state index in [0.717, 1.165) is 0 Å². The molecule has 0 aromatic heterocycles. The van der Waals surface area contributed by atoms with Crippen LogP contribution in [0.2, 0.25) is 0 Å². The monoisotopic (exact) mass is 494 g/mol. The van der Waals surface area contributed by atoms with Crippen LogP contribution in [0.5, 0.6) is 0 Å². The van der Waals surface area contributed by atoms with Gasteiger partial charge in [-0.15, -0.1) is 75.1 Å². The second kappa shape index (κ2) is 12.7. The van der Waals surface area contributed by atoms with E-state index in [1.165, 1.54) is 62.5 Å². The van der Waals surface area contributed by atoms with Gasteiger partial charge >= 0.3 is 28.4 Å². The zero-order valence-corrected chi connectivity index (χ0v) is 20.2. The Kier molecular flexibility index (Phi) is 11.1. The van der Waals surface area contributed by atoms with Gasteiger partial charge < -0.3 is 24.8 Å². The van der Waals surface area contributed by atoms with Crippen LogP contribution >= 0.6 is 0 Å². The number of hydrogen-bond acceptors (Lipinski definition) is 0. The summed E-state index contributed by atoms with van der Waals surface area (Å²) in [6.07, 6.45) is 0. The molecule has 0 amide bonds. The quantitative estimate of drug-likeness (QED) is 0.305. The van der Waals surface area contributed by atoms with Crippen molar-refractivity contribution in [3.63, 3.8) is 0 Å². The van der Waals surface area contributed by atoms with Crippen molar-refractivity contribution in [2.75, 3.05) is 0 Å². The van der Waals surface area contributed by atoms with Crippen molar-refractivity contribution < 1.29 is 49.0 Å². The van der Waals surface area contributed by atoms with Crippen LogP contribution in [-0.2, 0) is 24.2 Å². The molecule has 0 aliphatic rings. The van der Waals surface area contributed by atoms with Gasteiger partial charge in [-0.25, -0.2) is 0 Å². The molecule has 0 saturated heterocycles. The summed E-state index contributed by atoms with van der Waals surface area (Å²) < 4.78 is 3.34. The average Bonchev–Trinajstić information content (AvgIpc) is 3.34. The van der Waals surface area contributed by atoms with Gasteiger partial charge in [0.15, 0.2) is 0 Å². The van der Waals surface area contributed by atoms with Crippen LogP contribution in [0.25, 0.3) is 32.7 Å². The molecule has 0 aliphatic carbocycles. The molecule has 0 bridgehead atoms. The van der Waals surface area contributed by atoms with Gasteiger partial charge in [0.05, 0.1) is 0 Å². The Hall–Kier alpha value is -1.79. The van der Waals surface area contributed by atoms with E-state index in [1.54, 1.807) is 0 Å². The largest absolute Gasteiger partial charge is 1.00 e. The van der Waals surface area contributed by atoms with Gasteiger partial charge in [-0.3, -0.25) is 0 Å². The van der Waals surface area contributed by atoms with Crippen molar-refractivity contribution in [1.82, 2.24) is 0 Å². The Bertz CT molecular complexity index is 1070. The molecular weight excluding hydrogens is 474 g/mol. The SMILES string of the molecule is Cc1ccc[c-]1-c1ccccc1.[CH2]=[Zr+2].[Cl-].[Cl-].c1ccc2c(c1)[cH-]c1ccccc12. The van der Waals surface area contributed by atoms with Gasteiger partial charge in [0.2, 0.25) is 0 Å². The van der Waals surface area contributed by atoms with Crippen LogP contribution < -0.4 is 24.8 Å². The minimum absolute atomic E-state index is 0. The molecule has 0 heterocycles. The first-order valence-electron chi connectivity index (χ1n) is 8.99. The Morgan fingerprint density at radius 2 is 1.14 bits per heavy atom. The van der Waals surface area contributed by atoms with Crippen molar-refractivity contribution in [2.24, 2.45) is 0 Å². The first kappa shape index (κ1) is 25.2. The van der Waals surface area contributed by atoms with E-state index in [-0.39, 0.29) is 24.8 Å². The molecule has 0 saturated carbocycles. The van der Waals surface area contributed by atoms with Gasteiger partial charge in [-0.05, 0) is 0 Å². The molecule has 0 nitrogen and oxygen atoms in total. The zero-order chi connectivity index (χ0) is 19.1. The molecule has 0 atom stereocenters. The third-order valence-electron chi connectivity index (χ3n) is 4.64. The summed E-state index contributed by atoms with van der Waals surface area (Å²) in [5, 5.41) is 5.39. The molecule has 5 rings (SSSR count). The van der Waals surface area contributed by atoms with Gasteiger partial charge in [0.25, 0.3) is 0 Å². The summed E-state index contributed by atoms with van der Waals surface area (Å²) in [5.74, 6) is 0. The fraction of sp³-hybridized carbons (Fsp3) is 0.0385. The van der Waals surface area contributed by atoms with E-state index in [1.807, 2.05) is 6.07 Å². The van der Waals surface area contributed by atoms with E-state index in [0.29, 0.717) is 0 Å². The molecule has 5 aromatic rings. The number of rotatable bonds is 1. The summed E-state index contributed by atoms with van der Waals surface area (Å²) >= 11 is 1.30. The van der Waals surface area contributed by atoms with E-state index in [9.17, 15) is 0 Å². The van der Waals surface area contributed by atoms with Gasteiger partial charge in [-0.1, -0.05) is 67.1 Å². The number of fused-ring (bicyclic) bond motifs is 3. The Morgan fingerprint density at radius 1 is 0.655 bits per heavy atom. The van der Waals surface area contributed by atoms with Crippen LogP contribution in [0, 0.1) is 6.92 Å². The molecular formula is C26H22Cl2Zr-2. The van der Waals surface area contributed by atoms with E-state index in [4.69, 9.17) is 0 Å². The van der Waals surface area contributed by atoms with Gasteiger partial charge in [0.1, 0.15) is 0 Å². The topological polar surface area (TPSA) is 0 Å². The number of halogens is 2. The normalized spacial score (nSPS) is 9.34. The van der Waals surface area contributed by atoms with E-state index in [2.05, 4.69) is 108 Å². The predicted molar refractivity (Wildman–Crippen MR) is 116 cm³/mol. The standard InChI is InChI=1S/C13H9.C12H11.CH2.2ClH.Zr/c1-3-7-12-10(5-1)9-11-6-2-4-8-13(11)12;1-10-6-5-9-12(10)11-7-3-2-4-8-11;;;;/h1-9H;2-9H,1H3;1H2;2*1H;/q2*-1;;;;+2/p-2. The summed E-state index contributed by atoms with van der Waals surface area (Å²) in [4.78, 5) is 0. The maximum absolute atomic E-state index is 3.34. The molecule has 5 aromatic carbocycles. The third-order valence-corrected chi connectivity index (χ3v) is 4.64. The Balaban J connectivity index is 0.000000252. The minimum atomic E-state index is 0. The Labute approximate surface area is 200 Å². The number of hydrogen-bond donors (Lipinski definition) is 0. The zero-order valence-electron chi connectivity index (χ0n) is 16.3. The fourth-order valence-corrected chi connectivity index (χ4v) is 3.36. The van der Waals surface area contributed by atoms with Crippen LogP contribution in [0.1, 0.15) is 5.56 Å². The molecule has 0 N–H and O–H groups in total. The number of aryl methyl sites for hydroxylation is 1. The second-order valence-electron chi connectivity index (χ2n) is 6.31. The summed E-state index contributed by atoms with van der Waals surface area (Å²) in [6.45, 7) is 2.14. The van der Waals surface area contributed by atoms with Crippen molar-refractivity contribution in [2.45, 2.75) is 6.92 Å². The third kappa shape index (κ3) is 6.10. The minimum Gasteiger partial charge on any atom is -1.00 e. The van der Waals surface area contributed by atoms with E-state index < -0.39 is 0 Å². The van der Waals surface area contributed by atoms with Crippen LogP contribution in [0.4, 0.5) is 0 Å². The summed E-state index contributed by atoms with van der Waals surface area (Å²) in [5.41, 5.74) is 4.00. The molecule has 0 unspecified atom stereocenters. The van der Waals surface area contributed by atoms with Crippen LogP contribution in [0.3, 0.4) is 0 Å². The molecule has 146 valence electrons. The first-order chi connectivity index (χ1) is 13.3. The first-order valence-corrected chi connectivity index (χ1v) is 10.7. The predicted octanol–water partition coefficient (Wildman–Crippen LogP) is 1.07. The molecule has 0 aliphatic heterocycles. The average molecular weight is 497 g/mol. The summed E-state index contributed by atoms with van der Waals surface area (Å²) in [7, 11) is 0. The molecule has 0 fully saturated rings. The van der Waals surface area contributed by atoms with Crippen molar-refractivity contribution in [1.29, 1.82) is 0 Å². The number of benzene rings is 3. The summed E-state index contributed by atoms with van der Waals surface area (Å²) in [6, 6.07) is 36.1. The van der Waals surface area contributed by atoms with Gasteiger partial charge in [0, 0.05) is 0 Å². The molecule has 0 spiro atoms. The van der Waals surface area contributed by atoms with Crippen LogP contribution in [-0.4, -0.2) is 4.21 Å².